The molecule has 0 spiro atoms. The standard InChI is InChI=1S/C15H17ClN2OS/c1-10(2)13-8-11(9-14(16)18-13)15(19)17-6-5-12-4-3-7-20-12/h3-4,7-10H,5-6H2,1-2H3,(H,17,19). The Morgan fingerprint density at radius 1 is 1.45 bits per heavy atom. The van der Waals surface area contributed by atoms with Crippen molar-refractivity contribution in [2.75, 3.05) is 6.54 Å². The number of hydrogen-bond donors (Lipinski definition) is 1. The van der Waals surface area contributed by atoms with Gasteiger partial charge in [-0.1, -0.05) is 31.5 Å². The Morgan fingerprint density at radius 2 is 2.25 bits per heavy atom. The van der Waals surface area contributed by atoms with Gasteiger partial charge in [0, 0.05) is 22.7 Å². The molecule has 0 saturated heterocycles. The zero-order valence-electron chi connectivity index (χ0n) is 11.5. The third-order valence-corrected chi connectivity index (χ3v) is 4.03. The quantitative estimate of drug-likeness (QED) is 0.851. The maximum absolute atomic E-state index is 12.1. The molecule has 106 valence electrons. The Labute approximate surface area is 128 Å². The van der Waals surface area contributed by atoms with Crippen LogP contribution in [0.1, 0.15) is 40.7 Å². The van der Waals surface area contributed by atoms with E-state index < -0.39 is 0 Å². The van der Waals surface area contributed by atoms with Crippen LogP contribution in [0, 0.1) is 0 Å². The molecule has 0 aromatic carbocycles. The summed E-state index contributed by atoms with van der Waals surface area (Å²) in [5.74, 6) is 0.138. The molecule has 0 fully saturated rings. The largest absolute Gasteiger partial charge is 0.352 e. The Bertz CT molecular complexity index is 582. The van der Waals surface area contributed by atoms with E-state index >= 15 is 0 Å². The summed E-state index contributed by atoms with van der Waals surface area (Å²) in [6.45, 7) is 4.67. The molecule has 0 atom stereocenters. The van der Waals surface area contributed by atoms with Gasteiger partial charge in [-0.15, -0.1) is 11.3 Å². The number of aromatic nitrogens is 1. The van der Waals surface area contributed by atoms with Crippen LogP contribution in [-0.4, -0.2) is 17.4 Å². The maximum atomic E-state index is 12.1. The van der Waals surface area contributed by atoms with E-state index in [1.165, 1.54) is 4.88 Å². The second kappa shape index (κ2) is 6.86. The maximum Gasteiger partial charge on any atom is 0.251 e. The third kappa shape index (κ3) is 4.05. The molecule has 1 amide bonds. The molecule has 0 aliphatic rings. The molecule has 2 rings (SSSR count). The number of thiophene rings is 1. The van der Waals surface area contributed by atoms with Crippen molar-refractivity contribution in [1.82, 2.24) is 10.3 Å². The molecule has 3 nitrogen and oxygen atoms in total. The van der Waals surface area contributed by atoms with E-state index in [1.807, 2.05) is 25.3 Å². The predicted molar refractivity (Wildman–Crippen MR) is 83.7 cm³/mol. The number of halogens is 1. The smallest absolute Gasteiger partial charge is 0.251 e. The summed E-state index contributed by atoms with van der Waals surface area (Å²) in [7, 11) is 0. The summed E-state index contributed by atoms with van der Waals surface area (Å²) in [5.41, 5.74) is 1.40. The van der Waals surface area contributed by atoms with E-state index in [0.717, 1.165) is 12.1 Å². The molecule has 20 heavy (non-hydrogen) atoms. The van der Waals surface area contributed by atoms with E-state index in [4.69, 9.17) is 11.6 Å². The first-order valence-corrected chi connectivity index (χ1v) is 7.80. The summed E-state index contributed by atoms with van der Waals surface area (Å²) < 4.78 is 0. The molecular weight excluding hydrogens is 292 g/mol. The Kier molecular flexibility index (Phi) is 5.15. The highest BCUT2D eigenvalue weighted by atomic mass is 35.5. The van der Waals surface area contributed by atoms with Crippen LogP contribution in [0.2, 0.25) is 5.15 Å². The van der Waals surface area contributed by atoms with Crippen LogP contribution < -0.4 is 5.32 Å². The minimum atomic E-state index is -0.104. The highest BCUT2D eigenvalue weighted by molar-refractivity contribution is 7.09. The molecule has 5 heteroatoms. The topological polar surface area (TPSA) is 42.0 Å². The number of nitrogens with zero attached hydrogens (tertiary/aromatic N) is 1. The lowest BCUT2D eigenvalue weighted by Gasteiger charge is -2.09. The number of rotatable bonds is 5. The third-order valence-electron chi connectivity index (χ3n) is 2.90. The fraction of sp³-hybridized carbons (Fsp3) is 0.333. The number of carbonyl (C=O) groups is 1. The Morgan fingerprint density at radius 3 is 2.90 bits per heavy atom. The molecule has 0 aliphatic carbocycles. The molecule has 2 heterocycles. The number of pyridine rings is 1. The van der Waals surface area contributed by atoms with Gasteiger partial charge in [-0.05, 0) is 35.9 Å². The lowest BCUT2D eigenvalue weighted by Crippen LogP contribution is -2.25. The fourth-order valence-corrected chi connectivity index (χ4v) is 2.72. The van der Waals surface area contributed by atoms with Gasteiger partial charge in [0.25, 0.3) is 5.91 Å². The van der Waals surface area contributed by atoms with Gasteiger partial charge in [0.15, 0.2) is 0 Å². The monoisotopic (exact) mass is 308 g/mol. The molecule has 0 unspecified atom stereocenters. The highest BCUT2D eigenvalue weighted by Crippen LogP contribution is 2.17. The van der Waals surface area contributed by atoms with Crippen LogP contribution in [-0.2, 0) is 6.42 Å². The summed E-state index contributed by atoms with van der Waals surface area (Å²) in [6, 6.07) is 7.49. The summed E-state index contributed by atoms with van der Waals surface area (Å²) in [6.07, 6.45) is 0.846. The van der Waals surface area contributed by atoms with Crippen molar-refractivity contribution in [3.05, 3.63) is 50.9 Å². The molecule has 1 N–H and O–H groups in total. The Hall–Kier alpha value is -1.39. The van der Waals surface area contributed by atoms with Crippen molar-refractivity contribution in [2.24, 2.45) is 0 Å². The van der Waals surface area contributed by atoms with E-state index in [1.54, 1.807) is 23.5 Å². The number of nitrogens with one attached hydrogen (secondary N) is 1. The molecule has 0 radical (unpaired) electrons. The molecule has 0 aliphatic heterocycles. The minimum Gasteiger partial charge on any atom is -0.352 e. The van der Waals surface area contributed by atoms with Crippen LogP contribution in [0.3, 0.4) is 0 Å². The second-order valence-electron chi connectivity index (χ2n) is 4.84. The summed E-state index contributed by atoms with van der Waals surface area (Å²) >= 11 is 7.66. The lowest BCUT2D eigenvalue weighted by molar-refractivity contribution is 0.0954. The minimum absolute atomic E-state index is 0.104. The number of amides is 1. The first kappa shape index (κ1) is 15.0. The molecule has 0 saturated carbocycles. The van der Waals surface area contributed by atoms with Gasteiger partial charge < -0.3 is 5.32 Å². The van der Waals surface area contributed by atoms with Gasteiger partial charge in [0.2, 0.25) is 0 Å². The highest BCUT2D eigenvalue weighted by Gasteiger charge is 2.11. The van der Waals surface area contributed by atoms with Crippen molar-refractivity contribution < 1.29 is 4.79 Å². The van der Waals surface area contributed by atoms with E-state index in [0.29, 0.717) is 17.3 Å². The van der Waals surface area contributed by atoms with Crippen LogP contribution in [0.15, 0.2) is 29.6 Å². The van der Waals surface area contributed by atoms with Crippen LogP contribution in [0.5, 0.6) is 0 Å². The van der Waals surface area contributed by atoms with Gasteiger partial charge in [-0.25, -0.2) is 4.98 Å². The van der Waals surface area contributed by atoms with Gasteiger partial charge >= 0.3 is 0 Å². The van der Waals surface area contributed by atoms with Gasteiger partial charge in [-0.3, -0.25) is 4.79 Å². The van der Waals surface area contributed by atoms with Crippen molar-refractivity contribution in [2.45, 2.75) is 26.2 Å². The summed E-state index contributed by atoms with van der Waals surface area (Å²) in [4.78, 5) is 17.6. The van der Waals surface area contributed by atoms with Crippen molar-refractivity contribution in [1.29, 1.82) is 0 Å². The van der Waals surface area contributed by atoms with Crippen molar-refractivity contribution >= 4 is 28.8 Å². The summed E-state index contributed by atoms with van der Waals surface area (Å²) in [5, 5.41) is 5.31. The van der Waals surface area contributed by atoms with Crippen LogP contribution in [0.25, 0.3) is 0 Å². The van der Waals surface area contributed by atoms with E-state index in [9.17, 15) is 4.79 Å². The Balaban J connectivity index is 1.98. The lowest BCUT2D eigenvalue weighted by atomic mass is 10.1. The zero-order valence-corrected chi connectivity index (χ0v) is 13.1. The van der Waals surface area contributed by atoms with E-state index in [-0.39, 0.29) is 11.8 Å². The van der Waals surface area contributed by atoms with Gasteiger partial charge in [0.1, 0.15) is 5.15 Å². The van der Waals surface area contributed by atoms with Crippen molar-refractivity contribution in [3.8, 4) is 0 Å². The van der Waals surface area contributed by atoms with E-state index in [2.05, 4.69) is 16.4 Å². The normalized spacial score (nSPS) is 10.8. The van der Waals surface area contributed by atoms with Gasteiger partial charge in [0.05, 0.1) is 0 Å². The molecule has 2 aromatic rings. The van der Waals surface area contributed by atoms with Crippen LogP contribution in [0.4, 0.5) is 0 Å². The first-order chi connectivity index (χ1) is 9.56. The second-order valence-corrected chi connectivity index (χ2v) is 6.26. The van der Waals surface area contributed by atoms with Gasteiger partial charge in [-0.2, -0.15) is 0 Å². The molecular formula is C15H17ClN2OS. The molecule has 0 bridgehead atoms. The first-order valence-electron chi connectivity index (χ1n) is 6.54. The number of carbonyl (C=O) groups excluding carboxylic acids is 1. The molecule has 2 aromatic heterocycles. The zero-order chi connectivity index (χ0) is 14.5. The van der Waals surface area contributed by atoms with Crippen LogP contribution >= 0.6 is 22.9 Å². The van der Waals surface area contributed by atoms with Crippen molar-refractivity contribution in [3.63, 3.8) is 0 Å². The average molecular weight is 309 g/mol. The number of hydrogen-bond acceptors (Lipinski definition) is 3. The average Bonchev–Trinajstić information content (AvgIpc) is 2.91. The fourth-order valence-electron chi connectivity index (χ4n) is 1.80. The SMILES string of the molecule is CC(C)c1cc(C(=O)NCCc2cccs2)cc(Cl)n1. The predicted octanol–water partition coefficient (Wildman–Crippen LogP) is 3.89.